The van der Waals surface area contributed by atoms with Gasteiger partial charge in [0.05, 0.1) is 65.1 Å². The van der Waals surface area contributed by atoms with Gasteiger partial charge in [0, 0.05) is 6.42 Å². The van der Waals surface area contributed by atoms with Crippen molar-refractivity contribution in [2.45, 2.75) is 30.8 Å². The summed E-state index contributed by atoms with van der Waals surface area (Å²) in [5, 5.41) is 34.4. The zero-order valence-corrected chi connectivity index (χ0v) is 12.1. The van der Waals surface area contributed by atoms with E-state index in [9.17, 15) is 5.11 Å². The molecule has 2 aliphatic heterocycles. The molecule has 126 valence electrons. The molecule has 4 unspecified atom stereocenters. The molecule has 0 aliphatic carbocycles. The Morgan fingerprint density at radius 3 is 2.00 bits per heavy atom. The number of hydrogen-bond donors (Lipinski definition) is 4. The van der Waals surface area contributed by atoms with Gasteiger partial charge in [-0.2, -0.15) is 0 Å². The SMILES string of the molecule is OCC(O)C(CC1CO1)OCC1CO1.OCCOCCO. The van der Waals surface area contributed by atoms with Crippen LogP contribution in [0, 0.1) is 0 Å². The molecule has 2 saturated heterocycles. The van der Waals surface area contributed by atoms with Crippen molar-refractivity contribution in [1.29, 1.82) is 0 Å². The quantitative estimate of drug-likeness (QED) is 0.253. The van der Waals surface area contributed by atoms with Crippen molar-refractivity contribution in [2.75, 3.05) is 52.9 Å². The first-order valence-corrected chi connectivity index (χ1v) is 7.14. The number of aliphatic hydroxyl groups excluding tert-OH is 4. The maximum Gasteiger partial charge on any atom is 0.104 e. The number of aliphatic hydroxyl groups is 4. The molecule has 0 aromatic rings. The summed E-state index contributed by atoms with van der Waals surface area (Å²) in [6.07, 6.45) is -0.131. The van der Waals surface area contributed by atoms with Gasteiger partial charge in [-0.1, -0.05) is 0 Å². The topological polar surface area (TPSA) is 124 Å². The van der Waals surface area contributed by atoms with E-state index in [0.717, 1.165) is 13.2 Å². The van der Waals surface area contributed by atoms with Gasteiger partial charge in [-0.05, 0) is 0 Å². The van der Waals surface area contributed by atoms with Crippen LogP contribution in [-0.2, 0) is 18.9 Å². The van der Waals surface area contributed by atoms with Gasteiger partial charge in [0.1, 0.15) is 12.2 Å². The molecule has 0 bridgehead atoms. The number of ether oxygens (including phenoxy) is 4. The van der Waals surface area contributed by atoms with E-state index >= 15 is 0 Å². The molecule has 0 amide bonds. The lowest BCUT2D eigenvalue weighted by Crippen LogP contribution is -2.34. The fourth-order valence-electron chi connectivity index (χ4n) is 1.54. The number of epoxide rings is 2. The van der Waals surface area contributed by atoms with Crippen molar-refractivity contribution in [2.24, 2.45) is 0 Å². The Kier molecular flexibility index (Phi) is 10.1. The first-order valence-electron chi connectivity index (χ1n) is 7.14. The molecule has 0 saturated carbocycles. The third kappa shape index (κ3) is 10.1. The van der Waals surface area contributed by atoms with Crippen LogP contribution in [0.1, 0.15) is 6.42 Å². The molecule has 21 heavy (non-hydrogen) atoms. The summed E-state index contributed by atoms with van der Waals surface area (Å²) in [7, 11) is 0. The third-order valence-corrected chi connectivity index (χ3v) is 2.88. The van der Waals surface area contributed by atoms with Crippen molar-refractivity contribution in [3.63, 3.8) is 0 Å². The standard InChI is InChI=1S/C9H16O5.C4H10O3/c10-2-8(11)9(1-6-3-12-6)14-5-7-4-13-7;5-1-3-7-4-2-6/h6-11H,1-5H2;5-6H,1-4H2. The predicted molar refractivity (Wildman–Crippen MR) is 71.9 cm³/mol. The van der Waals surface area contributed by atoms with E-state index in [1.165, 1.54) is 0 Å². The maximum atomic E-state index is 9.46. The molecule has 0 aromatic carbocycles. The second kappa shape index (κ2) is 11.3. The average molecular weight is 310 g/mol. The molecule has 2 aliphatic rings. The van der Waals surface area contributed by atoms with E-state index in [0.29, 0.717) is 26.2 Å². The minimum atomic E-state index is -0.821. The van der Waals surface area contributed by atoms with Crippen molar-refractivity contribution in [3.05, 3.63) is 0 Å². The van der Waals surface area contributed by atoms with Gasteiger partial charge < -0.3 is 39.4 Å². The minimum absolute atomic E-state index is 0.0278. The van der Waals surface area contributed by atoms with Crippen LogP contribution in [0.4, 0.5) is 0 Å². The molecule has 0 radical (unpaired) electrons. The lowest BCUT2D eigenvalue weighted by Gasteiger charge is -2.20. The highest BCUT2D eigenvalue weighted by Crippen LogP contribution is 2.21. The van der Waals surface area contributed by atoms with Crippen LogP contribution in [0.3, 0.4) is 0 Å². The Labute approximate surface area is 124 Å². The van der Waals surface area contributed by atoms with Crippen molar-refractivity contribution >= 4 is 0 Å². The van der Waals surface area contributed by atoms with E-state index in [2.05, 4.69) is 4.74 Å². The molecule has 2 rings (SSSR count). The van der Waals surface area contributed by atoms with E-state index in [1.807, 2.05) is 0 Å². The summed E-state index contributed by atoms with van der Waals surface area (Å²) < 4.78 is 20.1. The maximum absolute atomic E-state index is 9.46. The van der Waals surface area contributed by atoms with Crippen LogP contribution in [-0.4, -0.2) is 97.7 Å². The van der Waals surface area contributed by atoms with E-state index in [-0.39, 0.29) is 38.1 Å². The Hall–Kier alpha value is -0.320. The highest BCUT2D eigenvalue weighted by molar-refractivity contribution is 4.80. The zero-order valence-electron chi connectivity index (χ0n) is 12.1. The normalized spacial score (nSPS) is 25.7. The Morgan fingerprint density at radius 1 is 1.00 bits per heavy atom. The van der Waals surface area contributed by atoms with Gasteiger partial charge in [-0.25, -0.2) is 0 Å². The summed E-state index contributed by atoms with van der Waals surface area (Å²) in [6.45, 7) is 2.39. The summed E-state index contributed by atoms with van der Waals surface area (Å²) >= 11 is 0. The Morgan fingerprint density at radius 2 is 1.57 bits per heavy atom. The van der Waals surface area contributed by atoms with Crippen LogP contribution in [0.2, 0.25) is 0 Å². The van der Waals surface area contributed by atoms with E-state index in [1.54, 1.807) is 0 Å². The highest BCUT2D eigenvalue weighted by Gasteiger charge is 2.32. The average Bonchev–Trinajstić information content (AvgIpc) is 3.38. The second-order valence-electron chi connectivity index (χ2n) is 4.83. The highest BCUT2D eigenvalue weighted by atomic mass is 16.6. The van der Waals surface area contributed by atoms with Crippen LogP contribution in [0.5, 0.6) is 0 Å². The fraction of sp³-hybridized carbons (Fsp3) is 1.00. The van der Waals surface area contributed by atoms with E-state index in [4.69, 9.17) is 29.5 Å². The molecular formula is C13H26O8. The van der Waals surface area contributed by atoms with Gasteiger partial charge in [0.25, 0.3) is 0 Å². The summed E-state index contributed by atoms with van der Waals surface area (Å²) in [4.78, 5) is 0. The van der Waals surface area contributed by atoms with Gasteiger partial charge >= 0.3 is 0 Å². The van der Waals surface area contributed by atoms with Crippen LogP contribution in [0.15, 0.2) is 0 Å². The third-order valence-electron chi connectivity index (χ3n) is 2.88. The smallest absolute Gasteiger partial charge is 0.104 e. The Balaban J connectivity index is 0.000000270. The number of hydrogen-bond acceptors (Lipinski definition) is 8. The van der Waals surface area contributed by atoms with Gasteiger partial charge in [-0.3, -0.25) is 0 Å². The first kappa shape index (κ1) is 18.7. The first-order chi connectivity index (χ1) is 10.2. The van der Waals surface area contributed by atoms with Crippen LogP contribution >= 0.6 is 0 Å². The Bertz CT molecular complexity index is 240. The molecule has 8 heteroatoms. The van der Waals surface area contributed by atoms with Gasteiger partial charge in [-0.15, -0.1) is 0 Å². The van der Waals surface area contributed by atoms with Crippen LogP contribution in [0.25, 0.3) is 0 Å². The molecule has 2 heterocycles. The zero-order chi connectivity index (χ0) is 15.5. The van der Waals surface area contributed by atoms with Crippen molar-refractivity contribution in [3.8, 4) is 0 Å². The van der Waals surface area contributed by atoms with Gasteiger partial charge in [0.2, 0.25) is 0 Å². The predicted octanol–water partition coefficient (Wildman–Crippen LogP) is -2.10. The molecule has 0 aromatic heterocycles. The summed E-state index contributed by atoms with van der Waals surface area (Å²) in [5.74, 6) is 0. The molecule has 4 atom stereocenters. The monoisotopic (exact) mass is 310 g/mol. The minimum Gasteiger partial charge on any atom is -0.394 e. The molecule has 0 spiro atoms. The summed E-state index contributed by atoms with van der Waals surface area (Å²) in [5.41, 5.74) is 0. The van der Waals surface area contributed by atoms with Gasteiger partial charge in [0.15, 0.2) is 0 Å². The molecule has 8 nitrogen and oxygen atoms in total. The lowest BCUT2D eigenvalue weighted by molar-refractivity contribution is -0.0669. The van der Waals surface area contributed by atoms with Crippen LogP contribution < -0.4 is 0 Å². The van der Waals surface area contributed by atoms with Crippen molar-refractivity contribution in [1.82, 2.24) is 0 Å². The van der Waals surface area contributed by atoms with Crippen molar-refractivity contribution < 1.29 is 39.4 Å². The number of rotatable bonds is 11. The van der Waals surface area contributed by atoms with E-state index < -0.39 is 6.10 Å². The fourth-order valence-corrected chi connectivity index (χ4v) is 1.54. The molecule has 2 fully saturated rings. The summed E-state index contributed by atoms with van der Waals surface area (Å²) in [6, 6.07) is 0. The molecular weight excluding hydrogens is 284 g/mol. The largest absolute Gasteiger partial charge is 0.394 e. The molecule has 4 N–H and O–H groups in total. The second-order valence-corrected chi connectivity index (χ2v) is 4.83. The lowest BCUT2D eigenvalue weighted by atomic mass is 10.1.